The molecule has 1 atom stereocenters. The van der Waals surface area contributed by atoms with Crippen LogP contribution in [0.5, 0.6) is 0 Å². The second-order valence-corrected chi connectivity index (χ2v) is 8.68. The van der Waals surface area contributed by atoms with Gasteiger partial charge in [-0.2, -0.15) is 31.4 Å². The van der Waals surface area contributed by atoms with Crippen LogP contribution >= 0.6 is 0 Å². The van der Waals surface area contributed by atoms with E-state index in [0.717, 1.165) is 49.5 Å². The van der Waals surface area contributed by atoms with E-state index in [-0.39, 0.29) is 11.9 Å². The van der Waals surface area contributed by atoms with Gasteiger partial charge in [0.05, 0.1) is 5.39 Å². The van der Waals surface area contributed by atoms with Crippen molar-refractivity contribution in [1.82, 2.24) is 25.4 Å². The Morgan fingerprint density at radius 3 is 1.97 bits per heavy atom. The summed E-state index contributed by atoms with van der Waals surface area (Å²) in [5.74, 6) is -4.63. The first-order valence-electron chi connectivity index (χ1n) is 11.8. The van der Waals surface area contributed by atoms with Crippen LogP contribution in [-0.2, 0) is 16.6 Å². The Balaban J connectivity index is 0.000000317. The van der Waals surface area contributed by atoms with Crippen molar-refractivity contribution in [3.8, 4) is 0 Å². The lowest BCUT2D eigenvalue weighted by atomic mass is 10.2. The van der Waals surface area contributed by atoms with Gasteiger partial charge >= 0.3 is 24.3 Å². The minimum Gasteiger partial charge on any atom is -0.475 e. The fourth-order valence-electron chi connectivity index (χ4n) is 3.80. The van der Waals surface area contributed by atoms with Crippen LogP contribution in [0.1, 0.15) is 42.6 Å². The van der Waals surface area contributed by atoms with Crippen LogP contribution in [0.3, 0.4) is 0 Å². The molecule has 2 aliphatic rings. The zero-order valence-electron chi connectivity index (χ0n) is 20.8. The SMILES string of the molecule is Cn1nc(C(=O)N[C@H]2CCNC2)c2ccc(N3CCCCCC3)nc21.O=C(O)C(F)(F)F.O=C(O)C(F)(F)F. The van der Waals surface area contributed by atoms with Crippen LogP contribution in [-0.4, -0.2) is 87.4 Å². The molecule has 4 rings (SSSR count). The Morgan fingerprint density at radius 2 is 1.51 bits per heavy atom. The molecular weight excluding hydrogens is 542 g/mol. The molecule has 39 heavy (non-hydrogen) atoms. The largest absolute Gasteiger partial charge is 0.490 e. The van der Waals surface area contributed by atoms with E-state index in [0.29, 0.717) is 5.69 Å². The normalized spacial score (nSPS) is 17.8. The number of aromatic nitrogens is 3. The van der Waals surface area contributed by atoms with E-state index >= 15 is 0 Å². The van der Waals surface area contributed by atoms with Crippen LogP contribution in [0, 0.1) is 0 Å². The Morgan fingerprint density at radius 1 is 0.974 bits per heavy atom. The molecule has 0 radical (unpaired) electrons. The minimum absolute atomic E-state index is 0.108. The molecule has 4 N–H and O–H groups in total. The van der Waals surface area contributed by atoms with E-state index in [2.05, 4.69) is 20.6 Å². The van der Waals surface area contributed by atoms with Gasteiger partial charge in [0.15, 0.2) is 11.3 Å². The molecule has 2 aromatic heterocycles. The standard InChI is InChI=1S/C18H26N6O.2C2HF3O2/c1-23-17-14(16(22-23)18(25)20-13-8-9-19-12-13)6-7-15(21-17)24-10-4-2-3-5-11-24;2*3-2(4,5)1(6)7/h6-7,13,19H,2-5,8-12H2,1H3,(H,20,25);2*(H,6,7)/t13-;;/m0../s1. The van der Waals surface area contributed by atoms with Crippen molar-refractivity contribution >= 4 is 34.7 Å². The Bertz CT molecular complexity index is 1110. The number of carboxylic acids is 2. The number of amides is 1. The van der Waals surface area contributed by atoms with Gasteiger partial charge in [-0.15, -0.1) is 0 Å². The summed E-state index contributed by atoms with van der Waals surface area (Å²) in [6.45, 7) is 3.89. The maximum atomic E-state index is 12.6. The van der Waals surface area contributed by atoms with Crippen molar-refractivity contribution in [2.75, 3.05) is 31.1 Å². The quantitative estimate of drug-likeness (QED) is 0.409. The van der Waals surface area contributed by atoms with Crippen LogP contribution in [0.4, 0.5) is 32.2 Å². The summed E-state index contributed by atoms with van der Waals surface area (Å²) < 4.78 is 65.2. The minimum atomic E-state index is -5.08. The number of aryl methyl sites for hydroxylation is 1. The number of nitrogens with one attached hydrogen (secondary N) is 2. The lowest BCUT2D eigenvalue weighted by Crippen LogP contribution is -2.36. The first-order valence-corrected chi connectivity index (χ1v) is 11.8. The van der Waals surface area contributed by atoms with Gasteiger partial charge in [0.1, 0.15) is 5.82 Å². The van der Waals surface area contributed by atoms with Crippen molar-refractivity contribution in [1.29, 1.82) is 0 Å². The van der Waals surface area contributed by atoms with Gasteiger partial charge in [-0.3, -0.25) is 4.79 Å². The molecule has 0 aromatic carbocycles. The molecule has 17 heteroatoms. The number of alkyl halides is 6. The number of hydrogen-bond acceptors (Lipinski definition) is 7. The third-order valence-electron chi connectivity index (χ3n) is 5.70. The first kappa shape index (κ1) is 31.6. The monoisotopic (exact) mass is 570 g/mol. The number of halogens is 6. The highest BCUT2D eigenvalue weighted by atomic mass is 19.4. The Labute approximate surface area is 218 Å². The van der Waals surface area contributed by atoms with Crippen LogP contribution in [0.15, 0.2) is 12.1 Å². The van der Waals surface area contributed by atoms with Crippen LogP contribution < -0.4 is 15.5 Å². The number of pyridine rings is 1. The van der Waals surface area contributed by atoms with E-state index < -0.39 is 24.3 Å². The maximum Gasteiger partial charge on any atom is 0.490 e. The van der Waals surface area contributed by atoms with Gasteiger partial charge in [-0.05, 0) is 37.9 Å². The lowest BCUT2D eigenvalue weighted by Gasteiger charge is -2.21. The summed E-state index contributed by atoms with van der Waals surface area (Å²) in [7, 11) is 1.86. The van der Waals surface area contributed by atoms with Gasteiger partial charge in [-0.1, -0.05) is 12.8 Å². The number of carbonyl (C=O) groups excluding carboxylic acids is 1. The number of hydrogen-bond donors (Lipinski definition) is 4. The highest BCUT2D eigenvalue weighted by molar-refractivity contribution is 6.04. The first-order chi connectivity index (χ1) is 18.1. The highest BCUT2D eigenvalue weighted by Gasteiger charge is 2.38. The molecule has 0 aliphatic carbocycles. The summed E-state index contributed by atoms with van der Waals surface area (Å²) >= 11 is 0. The second kappa shape index (κ2) is 13.4. The predicted molar refractivity (Wildman–Crippen MR) is 125 cm³/mol. The zero-order valence-corrected chi connectivity index (χ0v) is 20.8. The highest BCUT2D eigenvalue weighted by Crippen LogP contribution is 2.23. The van der Waals surface area contributed by atoms with Gasteiger partial charge in [-0.25, -0.2) is 19.3 Å². The predicted octanol–water partition coefficient (Wildman–Crippen LogP) is 2.71. The number of nitrogens with zero attached hydrogens (tertiary/aromatic N) is 4. The Kier molecular flexibility index (Phi) is 10.9. The van der Waals surface area contributed by atoms with Crippen LogP contribution in [0.25, 0.3) is 11.0 Å². The molecule has 1 amide bonds. The summed E-state index contributed by atoms with van der Waals surface area (Å²) in [5, 5.41) is 25.8. The van der Waals surface area contributed by atoms with Gasteiger partial charge in [0.25, 0.3) is 5.91 Å². The van der Waals surface area contributed by atoms with E-state index in [1.807, 2.05) is 19.2 Å². The molecule has 11 nitrogen and oxygen atoms in total. The number of anilines is 1. The summed E-state index contributed by atoms with van der Waals surface area (Å²) in [6.07, 6.45) is -4.17. The number of aliphatic carboxylic acids is 2. The number of carbonyl (C=O) groups is 3. The van der Waals surface area contributed by atoms with Crippen molar-refractivity contribution in [2.45, 2.75) is 50.5 Å². The molecule has 0 spiro atoms. The van der Waals surface area contributed by atoms with Crippen molar-refractivity contribution in [3.63, 3.8) is 0 Å². The van der Waals surface area contributed by atoms with E-state index in [9.17, 15) is 31.1 Å². The fraction of sp³-hybridized carbons (Fsp3) is 0.591. The number of fused-ring (bicyclic) bond motifs is 1. The molecule has 0 bridgehead atoms. The average molecular weight is 570 g/mol. The molecule has 2 fully saturated rings. The molecule has 2 saturated heterocycles. The molecular formula is C22H28F6N6O5. The Hall–Kier alpha value is -3.63. The smallest absolute Gasteiger partial charge is 0.475 e. The molecule has 2 aliphatic heterocycles. The van der Waals surface area contributed by atoms with E-state index in [4.69, 9.17) is 24.8 Å². The second-order valence-electron chi connectivity index (χ2n) is 8.68. The third-order valence-corrected chi connectivity index (χ3v) is 5.70. The van der Waals surface area contributed by atoms with Crippen LogP contribution in [0.2, 0.25) is 0 Å². The topological polar surface area (TPSA) is 150 Å². The number of carboxylic acid groups (broad SMARTS) is 2. The van der Waals surface area contributed by atoms with Crippen molar-refractivity contribution < 1.29 is 50.9 Å². The van der Waals surface area contributed by atoms with E-state index in [1.54, 1.807) is 4.68 Å². The van der Waals surface area contributed by atoms with Gasteiger partial charge < -0.3 is 25.7 Å². The molecule has 0 unspecified atom stereocenters. The zero-order chi connectivity index (χ0) is 29.4. The summed E-state index contributed by atoms with van der Waals surface area (Å²) in [5.41, 5.74) is 1.25. The van der Waals surface area contributed by atoms with E-state index in [1.165, 1.54) is 25.7 Å². The lowest BCUT2D eigenvalue weighted by molar-refractivity contribution is -0.193. The third kappa shape index (κ3) is 9.56. The van der Waals surface area contributed by atoms with Crippen molar-refractivity contribution in [3.05, 3.63) is 17.8 Å². The molecule has 4 heterocycles. The maximum absolute atomic E-state index is 12.6. The molecule has 0 saturated carbocycles. The molecule has 2 aromatic rings. The summed E-state index contributed by atoms with van der Waals surface area (Å²) in [4.78, 5) is 37.6. The number of rotatable bonds is 3. The van der Waals surface area contributed by atoms with Gasteiger partial charge in [0.2, 0.25) is 0 Å². The van der Waals surface area contributed by atoms with Gasteiger partial charge in [0, 0.05) is 32.7 Å². The average Bonchev–Trinajstić information content (AvgIpc) is 3.36. The fourth-order valence-corrected chi connectivity index (χ4v) is 3.80. The summed E-state index contributed by atoms with van der Waals surface area (Å²) in [6, 6.07) is 4.22. The van der Waals surface area contributed by atoms with Crippen molar-refractivity contribution in [2.24, 2.45) is 7.05 Å². The molecule has 218 valence electrons.